The summed E-state index contributed by atoms with van der Waals surface area (Å²) < 4.78 is 11.1. The van der Waals surface area contributed by atoms with E-state index in [1.165, 1.54) is 6.26 Å². The SMILES string of the molecule is CC1(CNC(=O)c2occc2COc2ccccc2)CCNCC1.Cl. The van der Waals surface area contributed by atoms with Crippen molar-refractivity contribution >= 4 is 18.3 Å². The van der Waals surface area contributed by atoms with Gasteiger partial charge >= 0.3 is 0 Å². The maximum absolute atomic E-state index is 12.4. The minimum Gasteiger partial charge on any atom is -0.489 e. The highest BCUT2D eigenvalue weighted by molar-refractivity contribution is 5.92. The van der Waals surface area contributed by atoms with E-state index in [0.717, 1.165) is 37.2 Å². The van der Waals surface area contributed by atoms with Crippen LogP contribution in [-0.2, 0) is 6.61 Å². The summed E-state index contributed by atoms with van der Waals surface area (Å²) in [4.78, 5) is 12.4. The van der Waals surface area contributed by atoms with Gasteiger partial charge in [0, 0.05) is 12.1 Å². The second kappa shape index (κ2) is 8.92. The van der Waals surface area contributed by atoms with Crippen LogP contribution in [0.15, 0.2) is 47.1 Å². The smallest absolute Gasteiger partial charge is 0.287 e. The van der Waals surface area contributed by atoms with Gasteiger partial charge in [-0.25, -0.2) is 0 Å². The van der Waals surface area contributed by atoms with Crippen LogP contribution in [0, 0.1) is 5.41 Å². The normalized spacial score (nSPS) is 15.9. The van der Waals surface area contributed by atoms with E-state index in [2.05, 4.69) is 17.6 Å². The molecule has 0 saturated carbocycles. The van der Waals surface area contributed by atoms with Gasteiger partial charge in [0.05, 0.1) is 6.26 Å². The molecule has 0 aliphatic carbocycles. The van der Waals surface area contributed by atoms with Gasteiger partial charge in [-0.15, -0.1) is 12.4 Å². The zero-order chi connectivity index (χ0) is 16.8. The first kappa shape index (κ1) is 19.3. The zero-order valence-electron chi connectivity index (χ0n) is 14.4. The summed E-state index contributed by atoms with van der Waals surface area (Å²) in [6.45, 7) is 5.19. The molecule has 25 heavy (non-hydrogen) atoms. The average molecular weight is 365 g/mol. The first-order valence-corrected chi connectivity index (χ1v) is 8.39. The van der Waals surface area contributed by atoms with Gasteiger partial charge in [-0.3, -0.25) is 4.79 Å². The van der Waals surface area contributed by atoms with Crippen molar-refractivity contribution in [3.8, 4) is 5.75 Å². The van der Waals surface area contributed by atoms with Crippen LogP contribution in [0.5, 0.6) is 5.75 Å². The fourth-order valence-corrected chi connectivity index (χ4v) is 2.91. The molecule has 2 N–H and O–H groups in total. The Morgan fingerprint density at radius 1 is 1.24 bits per heavy atom. The van der Waals surface area contributed by atoms with E-state index in [1.54, 1.807) is 6.07 Å². The van der Waals surface area contributed by atoms with Crippen molar-refractivity contribution in [1.82, 2.24) is 10.6 Å². The molecule has 5 nitrogen and oxygen atoms in total. The molecule has 1 aromatic carbocycles. The lowest BCUT2D eigenvalue weighted by Crippen LogP contribution is -2.43. The summed E-state index contributed by atoms with van der Waals surface area (Å²) in [6.07, 6.45) is 3.66. The number of carbonyl (C=O) groups excluding carboxylic acids is 1. The fourth-order valence-electron chi connectivity index (χ4n) is 2.91. The third-order valence-corrected chi connectivity index (χ3v) is 4.58. The Morgan fingerprint density at radius 2 is 1.96 bits per heavy atom. The standard InChI is InChI=1S/C19H24N2O3.ClH/c1-19(8-10-20-11-9-19)14-21-18(22)17-15(7-12-23-17)13-24-16-5-3-2-4-6-16;/h2-7,12,20H,8-11,13-14H2,1H3,(H,21,22);1H. The van der Waals surface area contributed by atoms with Crippen LogP contribution < -0.4 is 15.4 Å². The van der Waals surface area contributed by atoms with Gasteiger partial charge in [-0.1, -0.05) is 25.1 Å². The fraction of sp³-hybridized carbons (Fsp3) is 0.421. The van der Waals surface area contributed by atoms with Crippen molar-refractivity contribution in [3.63, 3.8) is 0 Å². The van der Waals surface area contributed by atoms with E-state index in [4.69, 9.17) is 9.15 Å². The molecule has 1 aliphatic heterocycles. The molecule has 1 fully saturated rings. The lowest BCUT2D eigenvalue weighted by Gasteiger charge is -2.34. The van der Waals surface area contributed by atoms with Gasteiger partial charge < -0.3 is 19.8 Å². The number of furan rings is 1. The molecule has 1 amide bonds. The van der Waals surface area contributed by atoms with Gasteiger partial charge in [0.15, 0.2) is 5.76 Å². The molecule has 1 saturated heterocycles. The van der Waals surface area contributed by atoms with Crippen molar-refractivity contribution in [2.24, 2.45) is 5.41 Å². The molecule has 0 unspecified atom stereocenters. The Hall–Kier alpha value is -1.98. The number of nitrogens with one attached hydrogen (secondary N) is 2. The Morgan fingerprint density at radius 3 is 2.68 bits per heavy atom. The van der Waals surface area contributed by atoms with Gasteiger partial charge in [0.2, 0.25) is 0 Å². The predicted octanol–water partition coefficient (Wildman–Crippen LogP) is 3.40. The van der Waals surface area contributed by atoms with Crippen molar-refractivity contribution in [3.05, 3.63) is 54.0 Å². The number of hydrogen-bond donors (Lipinski definition) is 2. The molecule has 2 heterocycles. The topological polar surface area (TPSA) is 63.5 Å². The molecule has 2 aromatic rings. The van der Waals surface area contributed by atoms with E-state index in [1.807, 2.05) is 30.3 Å². The third-order valence-electron chi connectivity index (χ3n) is 4.58. The van der Waals surface area contributed by atoms with Gasteiger partial charge in [0.1, 0.15) is 12.4 Å². The van der Waals surface area contributed by atoms with Crippen molar-refractivity contribution in [2.45, 2.75) is 26.4 Å². The molecule has 0 bridgehead atoms. The number of carbonyl (C=O) groups is 1. The molecular formula is C19H25ClN2O3. The number of hydrogen-bond acceptors (Lipinski definition) is 4. The Labute approximate surface area is 154 Å². The second-order valence-corrected chi connectivity index (χ2v) is 6.62. The number of rotatable bonds is 6. The van der Waals surface area contributed by atoms with E-state index in [9.17, 15) is 4.79 Å². The number of ether oxygens (including phenoxy) is 1. The summed E-state index contributed by atoms with van der Waals surface area (Å²) in [7, 11) is 0. The van der Waals surface area contributed by atoms with E-state index in [0.29, 0.717) is 18.9 Å². The van der Waals surface area contributed by atoms with E-state index < -0.39 is 0 Å². The van der Waals surface area contributed by atoms with Crippen LogP contribution in [0.1, 0.15) is 35.9 Å². The summed E-state index contributed by atoms with van der Waals surface area (Å²) in [5.74, 6) is 0.933. The van der Waals surface area contributed by atoms with Gasteiger partial charge in [0.25, 0.3) is 5.91 Å². The molecule has 1 aromatic heterocycles. The lowest BCUT2D eigenvalue weighted by molar-refractivity contribution is 0.0891. The van der Waals surface area contributed by atoms with Gasteiger partial charge in [-0.2, -0.15) is 0 Å². The lowest BCUT2D eigenvalue weighted by atomic mass is 9.81. The highest BCUT2D eigenvalue weighted by Crippen LogP contribution is 2.27. The quantitative estimate of drug-likeness (QED) is 0.824. The molecule has 0 radical (unpaired) electrons. The van der Waals surface area contributed by atoms with Crippen LogP contribution in [0.4, 0.5) is 0 Å². The second-order valence-electron chi connectivity index (χ2n) is 6.62. The predicted molar refractivity (Wildman–Crippen MR) is 99.3 cm³/mol. The highest BCUT2D eigenvalue weighted by atomic mass is 35.5. The molecule has 136 valence electrons. The average Bonchev–Trinajstić information content (AvgIpc) is 3.08. The van der Waals surface area contributed by atoms with Crippen LogP contribution in [-0.4, -0.2) is 25.5 Å². The van der Waals surface area contributed by atoms with Crippen molar-refractivity contribution in [2.75, 3.05) is 19.6 Å². The van der Waals surface area contributed by atoms with Crippen LogP contribution in [0.3, 0.4) is 0 Å². The minimum atomic E-state index is -0.175. The summed E-state index contributed by atoms with van der Waals surface area (Å²) in [6, 6.07) is 11.3. The molecular weight excluding hydrogens is 340 g/mol. The summed E-state index contributed by atoms with van der Waals surface area (Å²) in [5, 5.41) is 6.37. The zero-order valence-corrected chi connectivity index (χ0v) is 15.2. The summed E-state index contributed by atoms with van der Waals surface area (Å²) in [5.41, 5.74) is 0.903. The van der Waals surface area contributed by atoms with E-state index in [-0.39, 0.29) is 23.7 Å². The van der Waals surface area contributed by atoms with Crippen LogP contribution >= 0.6 is 12.4 Å². The Bertz CT molecular complexity index is 666. The van der Waals surface area contributed by atoms with Crippen LogP contribution in [0.2, 0.25) is 0 Å². The van der Waals surface area contributed by atoms with E-state index >= 15 is 0 Å². The number of piperidine rings is 1. The van der Waals surface area contributed by atoms with Crippen molar-refractivity contribution < 1.29 is 13.9 Å². The molecule has 1 aliphatic rings. The first-order valence-electron chi connectivity index (χ1n) is 8.39. The molecule has 0 spiro atoms. The number of halogens is 1. The number of benzene rings is 1. The van der Waals surface area contributed by atoms with Crippen molar-refractivity contribution in [1.29, 1.82) is 0 Å². The number of para-hydroxylation sites is 1. The largest absolute Gasteiger partial charge is 0.489 e. The monoisotopic (exact) mass is 364 g/mol. The summed E-state index contributed by atoms with van der Waals surface area (Å²) >= 11 is 0. The highest BCUT2D eigenvalue weighted by Gasteiger charge is 2.28. The maximum atomic E-state index is 12.4. The molecule has 6 heteroatoms. The molecule has 3 rings (SSSR count). The first-order chi connectivity index (χ1) is 11.7. The maximum Gasteiger partial charge on any atom is 0.287 e. The minimum absolute atomic E-state index is 0. The third kappa shape index (κ3) is 5.25. The van der Waals surface area contributed by atoms with Crippen LogP contribution in [0.25, 0.3) is 0 Å². The Balaban J connectivity index is 0.00000225. The molecule has 0 atom stereocenters. The Kier molecular flexibility index (Phi) is 6.91. The number of amides is 1. The van der Waals surface area contributed by atoms with Gasteiger partial charge in [-0.05, 0) is 49.5 Å².